The maximum Gasteiger partial charge on any atom is 0.0455 e. The summed E-state index contributed by atoms with van der Waals surface area (Å²) in [7, 11) is 0. The molecule has 1 unspecified atom stereocenters. The summed E-state index contributed by atoms with van der Waals surface area (Å²) in [6, 6.07) is 6.56. The van der Waals surface area contributed by atoms with Crippen molar-refractivity contribution >= 4 is 17.3 Å². The maximum absolute atomic E-state index is 6.04. The lowest BCUT2D eigenvalue weighted by Gasteiger charge is -2.19. The highest BCUT2D eigenvalue weighted by molar-refractivity contribution is 6.31. The molecule has 1 nitrogen and oxygen atoms in total. The summed E-state index contributed by atoms with van der Waals surface area (Å²) in [5, 5.41) is 4.25. The van der Waals surface area contributed by atoms with Crippen LogP contribution in [0, 0.1) is 12.8 Å². The first-order valence-corrected chi connectivity index (χ1v) is 5.41. The molecule has 0 radical (unpaired) electrons. The van der Waals surface area contributed by atoms with E-state index < -0.39 is 0 Å². The highest BCUT2D eigenvalue weighted by Gasteiger charge is 2.06. The molecule has 0 aliphatic carbocycles. The molecule has 0 fully saturated rings. The van der Waals surface area contributed by atoms with Crippen LogP contribution >= 0.6 is 11.6 Å². The van der Waals surface area contributed by atoms with E-state index in [1.165, 1.54) is 0 Å². The quantitative estimate of drug-likeness (QED) is 0.794. The molecule has 0 aromatic heterocycles. The van der Waals surface area contributed by atoms with Crippen molar-refractivity contribution in [3.8, 4) is 0 Å². The van der Waals surface area contributed by atoms with Gasteiger partial charge in [-0.3, -0.25) is 0 Å². The lowest BCUT2D eigenvalue weighted by atomic mass is 10.1. The predicted molar refractivity (Wildman–Crippen MR) is 64.1 cm³/mol. The van der Waals surface area contributed by atoms with Crippen LogP contribution in [-0.4, -0.2) is 6.04 Å². The van der Waals surface area contributed by atoms with Gasteiger partial charge in [0.15, 0.2) is 0 Å². The molecular weight excluding hydrogens is 194 g/mol. The Kier molecular flexibility index (Phi) is 3.82. The number of hydrogen-bond acceptors (Lipinski definition) is 1. The molecule has 0 aliphatic rings. The zero-order valence-electron chi connectivity index (χ0n) is 9.26. The van der Waals surface area contributed by atoms with E-state index in [1.54, 1.807) is 0 Å². The Morgan fingerprint density at radius 2 is 1.86 bits per heavy atom. The number of rotatable bonds is 3. The molecule has 0 aliphatic heterocycles. The third kappa shape index (κ3) is 2.91. The summed E-state index contributed by atoms with van der Waals surface area (Å²) in [5.74, 6) is 0.620. The van der Waals surface area contributed by atoms with Crippen molar-refractivity contribution in [2.24, 2.45) is 5.92 Å². The average molecular weight is 212 g/mol. The lowest BCUT2D eigenvalue weighted by Crippen LogP contribution is -2.21. The van der Waals surface area contributed by atoms with Gasteiger partial charge in [-0.15, -0.1) is 0 Å². The lowest BCUT2D eigenvalue weighted by molar-refractivity contribution is 0.560. The molecule has 1 aromatic carbocycles. The van der Waals surface area contributed by atoms with Crippen LogP contribution in [0.2, 0.25) is 5.02 Å². The third-order valence-electron chi connectivity index (χ3n) is 2.57. The highest BCUT2D eigenvalue weighted by Crippen LogP contribution is 2.21. The molecule has 0 heterocycles. The van der Waals surface area contributed by atoms with Gasteiger partial charge in [-0.25, -0.2) is 0 Å². The van der Waals surface area contributed by atoms with Crippen molar-refractivity contribution < 1.29 is 0 Å². The zero-order chi connectivity index (χ0) is 10.7. The van der Waals surface area contributed by atoms with Crippen molar-refractivity contribution in [3.63, 3.8) is 0 Å². The van der Waals surface area contributed by atoms with Gasteiger partial charge in [0, 0.05) is 16.8 Å². The van der Waals surface area contributed by atoms with Crippen molar-refractivity contribution in [1.82, 2.24) is 0 Å². The van der Waals surface area contributed by atoms with Gasteiger partial charge in [0.1, 0.15) is 0 Å². The highest BCUT2D eigenvalue weighted by atomic mass is 35.5. The van der Waals surface area contributed by atoms with Gasteiger partial charge < -0.3 is 5.32 Å². The van der Waals surface area contributed by atoms with Crippen LogP contribution in [0.25, 0.3) is 0 Å². The van der Waals surface area contributed by atoms with E-state index in [1.807, 2.05) is 19.1 Å². The molecular formula is C12H18ClN. The number of benzene rings is 1. The minimum absolute atomic E-state index is 0.466. The summed E-state index contributed by atoms with van der Waals surface area (Å²) >= 11 is 6.04. The molecule has 0 amide bonds. The maximum atomic E-state index is 6.04. The fraction of sp³-hybridized carbons (Fsp3) is 0.500. The van der Waals surface area contributed by atoms with E-state index in [2.05, 4.69) is 32.2 Å². The molecule has 78 valence electrons. The Bertz CT molecular complexity index is 307. The van der Waals surface area contributed by atoms with Gasteiger partial charge >= 0.3 is 0 Å². The van der Waals surface area contributed by atoms with E-state index in [0.717, 1.165) is 16.3 Å². The second-order valence-corrected chi connectivity index (χ2v) is 4.55. The molecule has 2 heteroatoms. The van der Waals surface area contributed by atoms with Crippen molar-refractivity contribution in [3.05, 3.63) is 28.8 Å². The molecule has 0 spiro atoms. The molecule has 0 bridgehead atoms. The van der Waals surface area contributed by atoms with Crippen LogP contribution in [-0.2, 0) is 0 Å². The molecule has 0 saturated carbocycles. The molecule has 1 aromatic rings. The third-order valence-corrected chi connectivity index (χ3v) is 2.97. The first-order valence-electron chi connectivity index (χ1n) is 5.03. The minimum Gasteiger partial charge on any atom is -0.382 e. The number of aryl methyl sites for hydroxylation is 1. The molecule has 1 atom stereocenters. The zero-order valence-corrected chi connectivity index (χ0v) is 10.0. The SMILES string of the molecule is Cc1ccc(NC(C)C(C)C)cc1Cl. The van der Waals surface area contributed by atoms with E-state index in [-0.39, 0.29) is 0 Å². The second-order valence-electron chi connectivity index (χ2n) is 4.14. The second kappa shape index (κ2) is 4.70. The van der Waals surface area contributed by atoms with E-state index in [0.29, 0.717) is 12.0 Å². The van der Waals surface area contributed by atoms with Crippen molar-refractivity contribution in [1.29, 1.82) is 0 Å². The summed E-state index contributed by atoms with van der Waals surface area (Å²) in [6.45, 7) is 8.59. The van der Waals surface area contributed by atoms with Gasteiger partial charge in [-0.1, -0.05) is 31.5 Å². The van der Waals surface area contributed by atoms with Crippen LogP contribution in [0.3, 0.4) is 0 Å². The fourth-order valence-electron chi connectivity index (χ4n) is 1.11. The largest absolute Gasteiger partial charge is 0.382 e. The summed E-state index contributed by atoms with van der Waals surface area (Å²) in [4.78, 5) is 0. The van der Waals surface area contributed by atoms with Crippen molar-refractivity contribution in [2.45, 2.75) is 33.7 Å². The standard InChI is InChI=1S/C12H18ClN/c1-8(2)10(4)14-11-6-5-9(3)12(13)7-11/h5-8,10,14H,1-4H3. The Hall–Kier alpha value is -0.690. The number of hydrogen-bond donors (Lipinski definition) is 1. The summed E-state index contributed by atoms with van der Waals surface area (Å²) in [6.07, 6.45) is 0. The first kappa shape index (κ1) is 11.4. The number of anilines is 1. The summed E-state index contributed by atoms with van der Waals surface area (Å²) < 4.78 is 0. The Morgan fingerprint density at radius 1 is 1.21 bits per heavy atom. The Morgan fingerprint density at radius 3 is 2.36 bits per heavy atom. The molecule has 1 N–H and O–H groups in total. The van der Waals surface area contributed by atoms with Crippen LogP contribution in [0.5, 0.6) is 0 Å². The summed E-state index contributed by atoms with van der Waals surface area (Å²) in [5.41, 5.74) is 2.22. The smallest absolute Gasteiger partial charge is 0.0455 e. The molecule has 0 saturated heterocycles. The average Bonchev–Trinajstić information content (AvgIpc) is 2.11. The monoisotopic (exact) mass is 211 g/mol. The van der Waals surface area contributed by atoms with Crippen molar-refractivity contribution in [2.75, 3.05) is 5.32 Å². The molecule has 14 heavy (non-hydrogen) atoms. The normalized spacial score (nSPS) is 13.0. The van der Waals surface area contributed by atoms with Gasteiger partial charge in [-0.05, 0) is 37.5 Å². The van der Waals surface area contributed by atoms with E-state index in [4.69, 9.17) is 11.6 Å². The minimum atomic E-state index is 0.466. The number of halogens is 1. The van der Waals surface area contributed by atoms with Gasteiger partial charge in [0.25, 0.3) is 0 Å². The van der Waals surface area contributed by atoms with Crippen LogP contribution in [0.1, 0.15) is 26.3 Å². The number of nitrogens with one attached hydrogen (secondary N) is 1. The predicted octanol–water partition coefficient (Wildman–Crippen LogP) is 4.10. The first-order chi connectivity index (χ1) is 6.50. The molecule has 1 rings (SSSR count). The van der Waals surface area contributed by atoms with Crippen LogP contribution in [0.15, 0.2) is 18.2 Å². The van der Waals surface area contributed by atoms with Gasteiger partial charge in [0.2, 0.25) is 0 Å². The Labute approximate surface area is 91.5 Å². The van der Waals surface area contributed by atoms with Crippen LogP contribution in [0.4, 0.5) is 5.69 Å². The van der Waals surface area contributed by atoms with Gasteiger partial charge in [0.05, 0.1) is 0 Å². The van der Waals surface area contributed by atoms with Gasteiger partial charge in [-0.2, -0.15) is 0 Å². The van der Waals surface area contributed by atoms with E-state index in [9.17, 15) is 0 Å². The fourth-order valence-corrected chi connectivity index (χ4v) is 1.29. The topological polar surface area (TPSA) is 12.0 Å². The van der Waals surface area contributed by atoms with Crippen LogP contribution < -0.4 is 5.32 Å². The van der Waals surface area contributed by atoms with E-state index >= 15 is 0 Å². The Balaban J connectivity index is 2.73.